The van der Waals surface area contributed by atoms with E-state index in [9.17, 15) is 22.4 Å². The van der Waals surface area contributed by atoms with Crippen molar-refractivity contribution in [3.63, 3.8) is 0 Å². The largest absolute Gasteiger partial charge is 0.416 e. The Balaban J connectivity index is 2.40. The van der Waals surface area contributed by atoms with Gasteiger partial charge in [0, 0.05) is 13.1 Å². The van der Waals surface area contributed by atoms with E-state index in [0.717, 1.165) is 11.0 Å². The minimum Gasteiger partial charge on any atom is -0.307 e. The van der Waals surface area contributed by atoms with Gasteiger partial charge in [-0.25, -0.2) is 4.39 Å². The number of nitrogens with one attached hydrogen (secondary N) is 1. The summed E-state index contributed by atoms with van der Waals surface area (Å²) in [6.07, 6.45) is -4.56. The highest BCUT2D eigenvalue weighted by atomic mass is 19.4. The molecule has 1 aromatic rings. The third-order valence-electron chi connectivity index (χ3n) is 2.65. The van der Waals surface area contributed by atoms with Crippen molar-refractivity contribution in [3.05, 3.63) is 29.6 Å². The topological polar surface area (TPSA) is 32.3 Å². The molecule has 0 aliphatic carbocycles. The number of hydrogen-bond donors (Lipinski definition) is 1. The molecule has 0 saturated carbocycles. The van der Waals surface area contributed by atoms with Gasteiger partial charge in [0.1, 0.15) is 5.82 Å². The molecule has 7 heteroatoms. The number of nitrogens with zero attached hydrogens (tertiary/aromatic N) is 1. The second-order valence-corrected chi connectivity index (χ2v) is 3.89. The molecule has 1 saturated heterocycles. The second-order valence-electron chi connectivity index (χ2n) is 3.89. The maximum atomic E-state index is 13.5. The van der Waals surface area contributed by atoms with Crippen molar-refractivity contribution < 1.29 is 22.4 Å². The molecule has 1 N–H and O–H groups in total. The lowest BCUT2D eigenvalue weighted by molar-refractivity contribution is -0.137. The van der Waals surface area contributed by atoms with Crippen molar-refractivity contribution >= 4 is 11.6 Å². The molecule has 1 aliphatic rings. The van der Waals surface area contributed by atoms with E-state index in [1.807, 2.05) is 0 Å². The molecule has 1 aliphatic heterocycles. The highest BCUT2D eigenvalue weighted by molar-refractivity contribution is 5.95. The molecule has 0 bridgehead atoms. The van der Waals surface area contributed by atoms with Crippen LogP contribution < -0.4 is 10.2 Å². The number of rotatable bonds is 1. The number of carbonyl (C=O) groups excluding carboxylic acids is 1. The van der Waals surface area contributed by atoms with Crippen LogP contribution in [0.3, 0.4) is 0 Å². The Labute approximate surface area is 100 Å². The number of alkyl halides is 3. The molecule has 3 nitrogen and oxygen atoms in total. The molecule has 18 heavy (non-hydrogen) atoms. The maximum absolute atomic E-state index is 13.5. The van der Waals surface area contributed by atoms with Crippen molar-refractivity contribution in [1.29, 1.82) is 0 Å². The average Bonchev–Trinajstić information content (AvgIpc) is 2.29. The lowest BCUT2D eigenvalue weighted by Gasteiger charge is -2.28. The van der Waals surface area contributed by atoms with Gasteiger partial charge in [-0.05, 0) is 18.2 Å². The zero-order valence-electron chi connectivity index (χ0n) is 9.22. The summed E-state index contributed by atoms with van der Waals surface area (Å²) in [5, 5.41) is 2.76. The Kier molecular flexibility index (Phi) is 3.25. The number of halogens is 4. The fraction of sp³-hybridized carbons (Fsp3) is 0.364. The van der Waals surface area contributed by atoms with Gasteiger partial charge in [-0.3, -0.25) is 4.79 Å². The minimum absolute atomic E-state index is 0.00428. The molecule has 98 valence electrons. The normalized spacial score (nSPS) is 17.1. The summed E-state index contributed by atoms with van der Waals surface area (Å²) < 4.78 is 51.1. The minimum atomic E-state index is -4.56. The number of carbonyl (C=O) groups is 1. The summed E-state index contributed by atoms with van der Waals surface area (Å²) in [5.74, 6) is -1.28. The van der Waals surface area contributed by atoms with E-state index in [4.69, 9.17) is 0 Å². The van der Waals surface area contributed by atoms with E-state index in [0.29, 0.717) is 18.7 Å². The second kappa shape index (κ2) is 4.56. The SMILES string of the molecule is O=C1CNCCN1c1cc(C(F)(F)F)ccc1F. The van der Waals surface area contributed by atoms with Crippen LogP contribution in [0, 0.1) is 5.82 Å². The zero-order valence-corrected chi connectivity index (χ0v) is 9.22. The van der Waals surface area contributed by atoms with Gasteiger partial charge in [-0.1, -0.05) is 0 Å². The van der Waals surface area contributed by atoms with E-state index in [1.165, 1.54) is 0 Å². The number of piperazine rings is 1. The quantitative estimate of drug-likeness (QED) is 0.782. The van der Waals surface area contributed by atoms with E-state index in [2.05, 4.69) is 5.32 Å². The maximum Gasteiger partial charge on any atom is 0.416 e. The van der Waals surface area contributed by atoms with Crippen LogP contribution in [0.15, 0.2) is 18.2 Å². The molecule has 0 aromatic heterocycles. The Hall–Kier alpha value is -1.63. The third kappa shape index (κ3) is 2.45. The predicted molar refractivity (Wildman–Crippen MR) is 56.6 cm³/mol. The van der Waals surface area contributed by atoms with Crippen molar-refractivity contribution in [2.24, 2.45) is 0 Å². The van der Waals surface area contributed by atoms with Crippen LogP contribution in [0.2, 0.25) is 0 Å². The first-order valence-corrected chi connectivity index (χ1v) is 5.27. The molecule has 1 amide bonds. The first-order chi connectivity index (χ1) is 8.39. The van der Waals surface area contributed by atoms with Gasteiger partial charge < -0.3 is 10.2 Å². The smallest absolute Gasteiger partial charge is 0.307 e. The zero-order chi connectivity index (χ0) is 13.3. The van der Waals surface area contributed by atoms with Crippen LogP contribution >= 0.6 is 0 Å². The summed E-state index contributed by atoms with van der Waals surface area (Å²) in [6, 6.07) is 2.05. The van der Waals surface area contributed by atoms with Gasteiger partial charge in [0.25, 0.3) is 0 Å². The molecular formula is C11H10F4N2O. The van der Waals surface area contributed by atoms with Gasteiger partial charge in [0.05, 0.1) is 17.8 Å². The fourth-order valence-corrected chi connectivity index (χ4v) is 1.76. The molecule has 0 unspecified atom stereocenters. The van der Waals surface area contributed by atoms with Crippen LogP contribution in [0.5, 0.6) is 0 Å². The van der Waals surface area contributed by atoms with Crippen molar-refractivity contribution in [2.45, 2.75) is 6.18 Å². The van der Waals surface area contributed by atoms with Gasteiger partial charge in [0.15, 0.2) is 0 Å². The molecule has 1 fully saturated rings. The van der Waals surface area contributed by atoms with Crippen molar-refractivity contribution in [3.8, 4) is 0 Å². The first-order valence-electron chi connectivity index (χ1n) is 5.27. The van der Waals surface area contributed by atoms with E-state index in [-0.39, 0.29) is 18.8 Å². The Morgan fingerprint density at radius 1 is 1.28 bits per heavy atom. The van der Waals surface area contributed by atoms with Gasteiger partial charge in [0.2, 0.25) is 5.91 Å². The number of amides is 1. The molecule has 0 radical (unpaired) electrons. The predicted octanol–water partition coefficient (Wildman–Crippen LogP) is 1.78. The number of anilines is 1. The van der Waals surface area contributed by atoms with Crippen LogP contribution in [0.25, 0.3) is 0 Å². The molecule has 1 aromatic carbocycles. The molecule has 2 rings (SSSR count). The van der Waals surface area contributed by atoms with Crippen LogP contribution in [0.1, 0.15) is 5.56 Å². The van der Waals surface area contributed by atoms with Gasteiger partial charge in [-0.15, -0.1) is 0 Å². The Bertz CT molecular complexity index is 473. The van der Waals surface area contributed by atoms with Gasteiger partial charge in [-0.2, -0.15) is 13.2 Å². The molecule has 0 atom stereocenters. The molecule has 1 heterocycles. The Morgan fingerprint density at radius 2 is 2.00 bits per heavy atom. The van der Waals surface area contributed by atoms with E-state index in [1.54, 1.807) is 0 Å². The fourth-order valence-electron chi connectivity index (χ4n) is 1.76. The third-order valence-corrected chi connectivity index (χ3v) is 2.65. The summed E-state index contributed by atoms with van der Waals surface area (Å²) >= 11 is 0. The first kappa shape index (κ1) is 12.8. The lowest BCUT2D eigenvalue weighted by Crippen LogP contribution is -2.48. The highest BCUT2D eigenvalue weighted by Crippen LogP contribution is 2.33. The lowest BCUT2D eigenvalue weighted by atomic mass is 10.1. The van der Waals surface area contributed by atoms with Crippen molar-refractivity contribution in [2.75, 3.05) is 24.5 Å². The number of benzene rings is 1. The summed E-state index contributed by atoms with van der Waals surface area (Å²) in [4.78, 5) is 12.6. The highest BCUT2D eigenvalue weighted by Gasteiger charge is 2.32. The van der Waals surface area contributed by atoms with Crippen LogP contribution in [-0.2, 0) is 11.0 Å². The van der Waals surface area contributed by atoms with Gasteiger partial charge >= 0.3 is 6.18 Å². The van der Waals surface area contributed by atoms with E-state index >= 15 is 0 Å². The summed E-state index contributed by atoms with van der Waals surface area (Å²) in [7, 11) is 0. The molecular weight excluding hydrogens is 252 g/mol. The number of hydrogen-bond acceptors (Lipinski definition) is 2. The average molecular weight is 262 g/mol. The monoisotopic (exact) mass is 262 g/mol. The van der Waals surface area contributed by atoms with Crippen LogP contribution in [-0.4, -0.2) is 25.5 Å². The standard InChI is InChI=1S/C11H10F4N2O/c12-8-2-1-7(11(13,14)15)5-9(8)17-4-3-16-6-10(17)18/h1-2,5,16H,3-4,6H2. The molecule has 0 spiro atoms. The van der Waals surface area contributed by atoms with E-state index < -0.39 is 23.5 Å². The summed E-state index contributed by atoms with van der Waals surface area (Å²) in [6.45, 7) is 0.564. The Morgan fingerprint density at radius 3 is 2.61 bits per heavy atom. The van der Waals surface area contributed by atoms with Crippen LogP contribution in [0.4, 0.5) is 23.2 Å². The summed E-state index contributed by atoms with van der Waals surface area (Å²) in [5.41, 5.74) is -1.29. The van der Waals surface area contributed by atoms with Crippen molar-refractivity contribution in [1.82, 2.24) is 5.32 Å².